The molecular weight excluding hydrogens is 256 g/mol. The number of fused-ring (bicyclic) bond motifs is 1. The number of amidine groups is 1. The summed E-state index contributed by atoms with van der Waals surface area (Å²) in [4.78, 5) is 2.16. The zero-order chi connectivity index (χ0) is 15.2. The molecule has 0 aliphatic carbocycles. The summed E-state index contributed by atoms with van der Waals surface area (Å²) in [7, 11) is 0. The molecule has 0 radical (unpaired) electrons. The first kappa shape index (κ1) is 15.3. The number of hydrogen-bond donors (Lipinski definition) is 1. The lowest BCUT2D eigenvalue weighted by atomic mass is 9.99. The van der Waals surface area contributed by atoms with Crippen molar-refractivity contribution < 1.29 is 0 Å². The van der Waals surface area contributed by atoms with Gasteiger partial charge in [-0.2, -0.15) is 0 Å². The van der Waals surface area contributed by atoms with E-state index in [0.29, 0.717) is 5.84 Å². The first-order valence-corrected chi connectivity index (χ1v) is 7.71. The SMILES string of the molecule is CC.Cc1ccc(C(=N)N2CCc3ccccc3C2)cc1. The summed E-state index contributed by atoms with van der Waals surface area (Å²) in [6.07, 6.45) is 1.03. The Bertz CT molecular complexity index is 599. The molecule has 0 unspecified atom stereocenters. The number of nitrogens with one attached hydrogen (secondary N) is 1. The van der Waals surface area contributed by atoms with Crippen LogP contribution in [0.4, 0.5) is 0 Å². The Morgan fingerprint density at radius 1 is 0.952 bits per heavy atom. The standard InChI is InChI=1S/C17H18N2.C2H6/c1-13-6-8-15(9-7-13)17(18)19-11-10-14-4-2-3-5-16(14)12-19;1-2/h2-9,18H,10-12H2,1H3;1-2H3. The summed E-state index contributed by atoms with van der Waals surface area (Å²) in [6.45, 7) is 7.86. The quantitative estimate of drug-likeness (QED) is 0.608. The fourth-order valence-electron chi connectivity index (χ4n) is 2.58. The second kappa shape index (κ2) is 7.07. The van der Waals surface area contributed by atoms with Gasteiger partial charge in [0.25, 0.3) is 0 Å². The Balaban J connectivity index is 0.000000774. The number of benzene rings is 2. The molecule has 2 aromatic rings. The largest absolute Gasteiger partial charge is 0.352 e. The van der Waals surface area contributed by atoms with E-state index in [4.69, 9.17) is 5.41 Å². The summed E-state index contributed by atoms with van der Waals surface area (Å²) in [5, 5.41) is 8.36. The van der Waals surface area contributed by atoms with Gasteiger partial charge in [-0.1, -0.05) is 67.9 Å². The molecule has 2 nitrogen and oxygen atoms in total. The van der Waals surface area contributed by atoms with Crippen molar-refractivity contribution in [1.29, 1.82) is 5.41 Å². The predicted molar refractivity (Wildman–Crippen MR) is 89.9 cm³/mol. The Morgan fingerprint density at radius 3 is 2.24 bits per heavy atom. The van der Waals surface area contributed by atoms with Crippen molar-refractivity contribution in [3.05, 3.63) is 70.8 Å². The summed E-state index contributed by atoms with van der Waals surface area (Å²) < 4.78 is 0. The second-order valence-electron chi connectivity index (χ2n) is 5.15. The minimum Gasteiger partial charge on any atom is -0.352 e. The molecule has 1 aliphatic heterocycles. The third kappa shape index (κ3) is 3.52. The van der Waals surface area contributed by atoms with E-state index in [9.17, 15) is 0 Å². The van der Waals surface area contributed by atoms with Crippen molar-refractivity contribution in [2.75, 3.05) is 6.54 Å². The van der Waals surface area contributed by atoms with Crippen LogP contribution in [-0.4, -0.2) is 17.3 Å². The van der Waals surface area contributed by atoms with E-state index in [1.807, 2.05) is 26.0 Å². The molecule has 1 aliphatic rings. The van der Waals surface area contributed by atoms with E-state index in [1.54, 1.807) is 0 Å². The minimum atomic E-state index is 0.634. The van der Waals surface area contributed by atoms with Gasteiger partial charge < -0.3 is 4.90 Å². The molecule has 0 saturated heterocycles. The van der Waals surface area contributed by atoms with E-state index < -0.39 is 0 Å². The van der Waals surface area contributed by atoms with Gasteiger partial charge in [0.1, 0.15) is 5.84 Å². The van der Waals surface area contributed by atoms with Crippen LogP contribution in [0.5, 0.6) is 0 Å². The molecular formula is C19H24N2. The van der Waals surface area contributed by atoms with Gasteiger partial charge in [-0.05, 0) is 24.5 Å². The monoisotopic (exact) mass is 280 g/mol. The van der Waals surface area contributed by atoms with Crippen molar-refractivity contribution in [3.63, 3.8) is 0 Å². The van der Waals surface area contributed by atoms with Gasteiger partial charge in [0.05, 0.1) is 0 Å². The maximum atomic E-state index is 8.36. The summed E-state index contributed by atoms with van der Waals surface area (Å²) in [6, 6.07) is 16.8. The highest BCUT2D eigenvalue weighted by atomic mass is 15.2. The smallest absolute Gasteiger partial charge is 0.128 e. The van der Waals surface area contributed by atoms with E-state index in [0.717, 1.165) is 25.1 Å². The molecule has 0 bridgehead atoms. The summed E-state index contributed by atoms with van der Waals surface area (Å²) >= 11 is 0. The average molecular weight is 280 g/mol. The van der Waals surface area contributed by atoms with Crippen molar-refractivity contribution in [3.8, 4) is 0 Å². The van der Waals surface area contributed by atoms with Gasteiger partial charge in [0.2, 0.25) is 0 Å². The molecule has 2 aromatic carbocycles. The predicted octanol–water partition coefficient (Wildman–Crippen LogP) is 4.40. The van der Waals surface area contributed by atoms with Gasteiger partial charge in [0.15, 0.2) is 0 Å². The lowest BCUT2D eigenvalue weighted by Crippen LogP contribution is -2.35. The van der Waals surface area contributed by atoms with Crippen LogP contribution >= 0.6 is 0 Å². The Morgan fingerprint density at radius 2 is 1.57 bits per heavy atom. The van der Waals surface area contributed by atoms with E-state index in [2.05, 4.69) is 48.2 Å². The molecule has 3 rings (SSSR count). The van der Waals surface area contributed by atoms with Gasteiger partial charge in [0, 0.05) is 18.7 Å². The lowest BCUT2D eigenvalue weighted by molar-refractivity contribution is 0.392. The minimum absolute atomic E-state index is 0.634. The van der Waals surface area contributed by atoms with Crippen LogP contribution in [0, 0.1) is 12.3 Å². The second-order valence-corrected chi connectivity index (χ2v) is 5.15. The summed E-state index contributed by atoms with van der Waals surface area (Å²) in [5.41, 5.74) is 5.02. The van der Waals surface area contributed by atoms with Crippen LogP contribution in [0.3, 0.4) is 0 Å². The highest BCUT2D eigenvalue weighted by Crippen LogP contribution is 2.20. The number of nitrogens with zero attached hydrogens (tertiary/aromatic N) is 1. The first-order valence-electron chi connectivity index (χ1n) is 7.71. The Kier molecular flexibility index (Phi) is 5.15. The molecule has 1 heterocycles. The van der Waals surface area contributed by atoms with Crippen LogP contribution in [0.25, 0.3) is 0 Å². The van der Waals surface area contributed by atoms with Crippen LogP contribution in [0.15, 0.2) is 48.5 Å². The fraction of sp³-hybridized carbons (Fsp3) is 0.316. The van der Waals surface area contributed by atoms with Crippen LogP contribution in [0.1, 0.15) is 36.1 Å². The normalized spacial score (nSPS) is 13.0. The number of rotatable bonds is 1. The molecule has 1 N–H and O–H groups in total. The molecule has 0 atom stereocenters. The lowest BCUT2D eigenvalue weighted by Gasteiger charge is -2.31. The van der Waals surface area contributed by atoms with Gasteiger partial charge >= 0.3 is 0 Å². The number of aryl methyl sites for hydroxylation is 1. The van der Waals surface area contributed by atoms with Gasteiger partial charge in [-0.3, -0.25) is 5.41 Å². The zero-order valence-electron chi connectivity index (χ0n) is 13.2. The molecule has 2 heteroatoms. The van der Waals surface area contributed by atoms with E-state index >= 15 is 0 Å². The molecule has 0 spiro atoms. The van der Waals surface area contributed by atoms with Crippen LogP contribution in [-0.2, 0) is 13.0 Å². The topological polar surface area (TPSA) is 27.1 Å². The van der Waals surface area contributed by atoms with E-state index in [1.165, 1.54) is 16.7 Å². The van der Waals surface area contributed by atoms with Gasteiger partial charge in [-0.15, -0.1) is 0 Å². The van der Waals surface area contributed by atoms with Crippen molar-refractivity contribution >= 4 is 5.84 Å². The molecule has 21 heavy (non-hydrogen) atoms. The molecule has 0 fully saturated rings. The Labute approximate surface area is 127 Å². The zero-order valence-corrected chi connectivity index (χ0v) is 13.2. The fourth-order valence-corrected chi connectivity index (χ4v) is 2.58. The van der Waals surface area contributed by atoms with Gasteiger partial charge in [-0.25, -0.2) is 0 Å². The first-order chi connectivity index (χ1) is 10.2. The highest BCUT2D eigenvalue weighted by Gasteiger charge is 2.18. The molecule has 0 saturated carbocycles. The highest BCUT2D eigenvalue weighted by molar-refractivity contribution is 5.96. The maximum Gasteiger partial charge on any atom is 0.128 e. The average Bonchev–Trinajstić information content (AvgIpc) is 2.56. The van der Waals surface area contributed by atoms with Crippen molar-refractivity contribution in [2.45, 2.75) is 33.7 Å². The third-order valence-electron chi connectivity index (χ3n) is 3.77. The molecule has 110 valence electrons. The van der Waals surface area contributed by atoms with Crippen LogP contribution in [0.2, 0.25) is 0 Å². The molecule has 0 aromatic heterocycles. The van der Waals surface area contributed by atoms with Crippen molar-refractivity contribution in [1.82, 2.24) is 4.90 Å². The Hall–Kier alpha value is -2.09. The molecule has 0 amide bonds. The van der Waals surface area contributed by atoms with E-state index in [-0.39, 0.29) is 0 Å². The summed E-state index contributed by atoms with van der Waals surface area (Å²) in [5.74, 6) is 0.634. The van der Waals surface area contributed by atoms with Crippen molar-refractivity contribution in [2.24, 2.45) is 0 Å². The third-order valence-corrected chi connectivity index (χ3v) is 3.77. The van der Waals surface area contributed by atoms with Crippen LogP contribution < -0.4 is 0 Å². The number of hydrogen-bond acceptors (Lipinski definition) is 1. The maximum absolute atomic E-state index is 8.36.